The molecular formula is C24H26FN9O2. The molecular weight excluding hydrogens is 465 g/mol. The molecule has 0 bridgehead atoms. The van der Waals surface area contributed by atoms with Crippen molar-refractivity contribution < 1.29 is 9.18 Å². The lowest BCUT2D eigenvalue weighted by atomic mass is 9.93. The van der Waals surface area contributed by atoms with E-state index in [1.165, 1.54) is 48.4 Å². The highest BCUT2D eigenvalue weighted by molar-refractivity contribution is 6.03. The van der Waals surface area contributed by atoms with Crippen molar-refractivity contribution in [1.29, 1.82) is 0 Å². The second kappa shape index (κ2) is 9.21. The van der Waals surface area contributed by atoms with E-state index in [1.807, 2.05) is 20.8 Å². The van der Waals surface area contributed by atoms with E-state index in [0.717, 1.165) is 10.4 Å². The molecule has 3 aromatic heterocycles. The van der Waals surface area contributed by atoms with Gasteiger partial charge in [0, 0.05) is 37.3 Å². The zero-order valence-electron chi connectivity index (χ0n) is 20.5. The van der Waals surface area contributed by atoms with Crippen molar-refractivity contribution in [1.82, 2.24) is 29.5 Å². The van der Waals surface area contributed by atoms with Crippen molar-refractivity contribution in [3.05, 3.63) is 70.3 Å². The zero-order valence-corrected chi connectivity index (χ0v) is 20.5. The molecule has 1 amide bonds. The van der Waals surface area contributed by atoms with Gasteiger partial charge in [-0.05, 0) is 24.3 Å². The van der Waals surface area contributed by atoms with Gasteiger partial charge in [0.1, 0.15) is 23.0 Å². The van der Waals surface area contributed by atoms with Crippen LogP contribution in [0.1, 0.15) is 37.0 Å². The second-order valence-corrected chi connectivity index (χ2v) is 9.26. The number of aromatic nitrogens is 6. The molecule has 0 aliphatic rings. The summed E-state index contributed by atoms with van der Waals surface area (Å²) in [6.45, 7) is 5.95. The third-order valence-corrected chi connectivity index (χ3v) is 5.41. The lowest BCUT2D eigenvalue weighted by Gasteiger charge is -2.16. The van der Waals surface area contributed by atoms with Crippen LogP contribution in [-0.4, -0.2) is 35.4 Å². The Morgan fingerprint density at radius 1 is 1.00 bits per heavy atom. The Balaban J connectivity index is 1.62. The quantitative estimate of drug-likeness (QED) is 0.386. The van der Waals surface area contributed by atoms with Gasteiger partial charge in [-0.15, -0.1) is 0 Å². The molecule has 186 valence electrons. The number of hydrogen-bond donors (Lipinski definition) is 3. The van der Waals surface area contributed by atoms with Crippen LogP contribution in [0.5, 0.6) is 0 Å². The summed E-state index contributed by atoms with van der Waals surface area (Å²) in [7, 11) is 3.17. The summed E-state index contributed by atoms with van der Waals surface area (Å²) in [5.41, 5.74) is 6.95. The van der Waals surface area contributed by atoms with Crippen molar-refractivity contribution in [3.63, 3.8) is 0 Å². The smallest absolute Gasteiger partial charge is 0.290 e. The summed E-state index contributed by atoms with van der Waals surface area (Å²) in [4.78, 5) is 33.7. The second-order valence-electron chi connectivity index (χ2n) is 9.26. The molecule has 0 saturated heterocycles. The number of nitrogen functional groups attached to an aromatic ring is 1. The molecule has 4 aromatic rings. The van der Waals surface area contributed by atoms with Gasteiger partial charge in [-0.1, -0.05) is 20.8 Å². The number of benzene rings is 1. The van der Waals surface area contributed by atoms with Crippen molar-refractivity contribution in [2.75, 3.05) is 16.4 Å². The third kappa shape index (κ3) is 5.06. The minimum Gasteiger partial charge on any atom is -0.384 e. The average molecular weight is 492 g/mol. The summed E-state index contributed by atoms with van der Waals surface area (Å²) in [6.07, 6.45) is 2.88. The Hall–Kier alpha value is -4.61. The molecule has 0 aliphatic carbocycles. The minimum atomic E-state index is -0.640. The van der Waals surface area contributed by atoms with E-state index in [0.29, 0.717) is 22.9 Å². The van der Waals surface area contributed by atoms with Crippen LogP contribution in [0.15, 0.2) is 47.5 Å². The summed E-state index contributed by atoms with van der Waals surface area (Å²) >= 11 is 0. The van der Waals surface area contributed by atoms with Gasteiger partial charge >= 0.3 is 0 Å². The first-order valence-corrected chi connectivity index (χ1v) is 11.0. The van der Waals surface area contributed by atoms with E-state index in [9.17, 15) is 14.0 Å². The largest absolute Gasteiger partial charge is 0.384 e. The van der Waals surface area contributed by atoms with Gasteiger partial charge in [0.25, 0.3) is 11.5 Å². The predicted octanol–water partition coefficient (Wildman–Crippen LogP) is 2.99. The summed E-state index contributed by atoms with van der Waals surface area (Å²) in [6, 6.07) is 7.24. The van der Waals surface area contributed by atoms with E-state index in [-0.39, 0.29) is 22.5 Å². The topological polar surface area (TPSA) is 146 Å². The van der Waals surface area contributed by atoms with Gasteiger partial charge in [-0.2, -0.15) is 10.2 Å². The zero-order chi connectivity index (χ0) is 26.2. The average Bonchev–Trinajstić information content (AvgIpc) is 3.14. The molecule has 3 heterocycles. The first-order valence-electron chi connectivity index (χ1n) is 11.0. The molecule has 12 heteroatoms. The van der Waals surface area contributed by atoms with Crippen molar-refractivity contribution in [2.24, 2.45) is 14.1 Å². The maximum atomic E-state index is 14.6. The van der Waals surface area contributed by atoms with Crippen LogP contribution in [0.3, 0.4) is 0 Å². The maximum absolute atomic E-state index is 14.6. The maximum Gasteiger partial charge on any atom is 0.290 e. The van der Waals surface area contributed by atoms with Crippen molar-refractivity contribution in [3.8, 4) is 11.3 Å². The Labute approximate surface area is 206 Å². The summed E-state index contributed by atoms with van der Waals surface area (Å²) < 4.78 is 17.2. The molecule has 11 nitrogen and oxygen atoms in total. The van der Waals surface area contributed by atoms with E-state index < -0.39 is 17.3 Å². The molecule has 0 unspecified atom stereocenters. The molecule has 0 saturated carbocycles. The summed E-state index contributed by atoms with van der Waals surface area (Å²) in [5.74, 6) is -0.448. The highest BCUT2D eigenvalue weighted by Gasteiger charge is 2.18. The van der Waals surface area contributed by atoms with Crippen LogP contribution in [0.2, 0.25) is 0 Å². The van der Waals surface area contributed by atoms with Crippen LogP contribution >= 0.6 is 0 Å². The lowest BCUT2D eigenvalue weighted by molar-refractivity contribution is 0.102. The third-order valence-electron chi connectivity index (χ3n) is 5.41. The van der Waals surface area contributed by atoms with Crippen LogP contribution in [0, 0.1) is 5.82 Å². The molecule has 0 aliphatic heterocycles. The van der Waals surface area contributed by atoms with Crippen LogP contribution in [0.4, 0.5) is 27.4 Å². The van der Waals surface area contributed by atoms with E-state index in [4.69, 9.17) is 5.73 Å². The standard InChI is InChI=1S/C24H26FN9O2/c1-24(2,3)19-12-27-18(11-28-19)22(35)30-16-8-13(6-7-14(16)25)15-9-17(23(36)34(5)31-15)29-21-10-20(26)33(4)32-21/h6-12H,26H2,1-5H3,(H,29,32)(H,30,35). The first kappa shape index (κ1) is 24.5. The van der Waals surface area contributed by atoms with Gasteiger partial charge < -0.3 is 16.4 Å². The highest BCUT2D eigenvalue weighted by Crippen LogP contribution is 2.26. The number of hydrogen-bond acceptors (Lipinski definition) is 8. The number of halogens is 1. The fourth-order valence-electron chi connectivity index (χ4n) is 3.32. The molecule has 0 atom stereocenters. The molecule has 0 fully saturated rings. The van der Waals surface area contributed by atoms with E-state index >= 15 is 0 Å². The number of anilines is 4. The lowest BCUT2D eigenvalue weighted by Crippen LogP contribution is -2.22. The fourth-order valence-corrected chi connectivity index (χ4v) is 3.32. The fraction of sp³-hybridized carbons (Fsp3) is 0.250. The van der Waals surface area contributed by atoms with Crippen LogP contribution < -0.4 is 21.9 Å². The van der Waals surface area contributed by atoms with E-state index in [2.05, 4.69) is 30.8 Å². The van der Waals surface area contributed by atoms with Gasteiger partial charge in [-0.25, -0.2) is 14.1 Å². The van der Waals surface area contributed by atoms with Crippen LogP contribution in [0.25, 0.3) is 11.3 Å². The molecule has 4 N–H and O–H groups in total. The first-order chi connectivity index (χ1) is 16.9. The number of nitrogens with zero attached hydrogens (tertiary/aromatic N) is 6. The number of nitrogens with one attached hydrogen (secondary N) is 2. The Morgan fingerprint density at radius 2 is 1.75 bits per heavy atom. The molecule has 0 spiro atoms. The number of carbonyl (C=O) groups is 1. The van der Waals surface area contributed by atoms with Crippen LogP contribution in [-0.2, 0) is 19.5 Å². The van der Waals surface area contributed by atoms with Gasteiger partial charge in [0.15, 0.2) is 5.82 Å². The summed E-state index contributed by atoms with van der Waals surface area (Å²) in [5, 5.41) is 13.9. The Bertz CT molecular complexity index is 1480. The molecule has 4 rings (SSSR count). The number of nitrogens with two attached hydrogens (primary N) is 1. The number of rotatable bonds is 5. The minimum absolute atomic E-state index is 0.0501. The predicted molar refractivity (Wildman–Crippen MR) is 134 cm³/mol. The Morgan fingerprint density at radius 3 is 2.36 bits per heavy atom. The van der Waals surface area contributed by atoms with Gasteiger partial charge in [-0.3, -0.25) is 19.3 Å². The van der Waals surface area contributed by atoms with E-state index in [1.54, 1.807) is 13.1 Å². The monoisotopic (exact) mass is 491 g/mol. The molecule has 36 heavy (non-hydrogen) atoms. The van der Waals surface area contributed by atoms with Crippen molar-refractivity contribution >= 4 is 28.9 Å². The number of carbonyl (C=O) groups excluding carboxylic acids is 1. The number of amides is 1. The van der Waals surface area contributed by atoms with Crippen molar-refractivity contribution in [2.45, 2.75) is 26.2 Å². The normalized spacial score (nSPS) is 11.4. The molecule has 1 aromatic carbocycles. The van der Waals surface area contributed by atoms with Gasteiger partial charge in [0.2, 0.25) is 0 Å². The highest BCUT2D eigenvalue weighted by atomic mass is 19.1. The Kier molecular flexibility index (Phi) is 6.27. The SMILES string of the molecule is Cn1nc(Nc2cc(-c3ccc(F)c(NC(=O)c4cnc(C(C)(C)C)cn4)c3)nn(C)c2=O)cc1N. The molecule has 0 radical (unpaired) electrons. The number of aryl methyl sites for hydroxylation is 2. The van der Waals surface area contributed by atoms with Gasteiger partial charge in [0.05, 0.1) is 23.3 Å².